The zero-order valence-corrected chi connectivity index (χ0v) is 10.1. The molecule has 0 aromatic heterocycles. The largest absolute Gasteiger partial charge is 0.508 e. The van der Waals surface area contributed by atoms with E-state index in [2.05, 4.69) is 12.1 Å². The summed E-state index contributed by atoms with van der Waals surface area (Å²) >= 11 is 0. The Morgan fingerprint density at radius 1 is 1.06 bits per heavy atom. The van der Waals surface area contributed by atoms with Crippen LogP contribution in [-0.4, -0.2) is 12.2 Å². The summed E-state index contributed by atoms with van der Waals surface area (Å²) in [6, 6.07) is 13.6. The number of aromatic hydroxyl groups is 1. The second-order valence-electron chi connectivity index (χ2n) is 4.05. The highest BCUT2D eigenvalue weighted by atomic mass is 16.5. The van der Waals surface area contributed by atoms with Crippen LogP contribution in [0.3, 0.4) is 0 Å². The highest BCUT2D eigenvalue weighted by Crippen LogP contribution is 2.30. The topological polar surface area (TPSA) is 29.5 Å². The lowest BCUT2D eigenvalue weighted by Gasteiger charge is -2.13. The first-order valence-electron chi connectivity index (χ1n) is 5.61. The molecule has 0 radical (unpaired) electrons. The Hall–Kier alpha value is -1.96. The average molecular weight is 228 g/mol. The van der Waals surface area contributed by atoms with Crippen LogP contribution in [0.5, 0.6) is 11.5 Å². The molecule has 0 atom stereocenters. The van der Waals surface area contributed by atoms with Crippen molar-refractivity contribution in [3.8, 4) is 11.5 Å². The Bertz CT molecular complexity index is 504. The van der Waals surface area contributed by atoms with Gasteiger partial charge in [0.25, 0.3) is 0 Å². The van der Waals surface area contributed by atoms with Crippen molar-refractivity contribution in [1.29, 1.82) is 0 Å². The van der Waals surface area contributed by atoms with Gasteiger partial charge in [-0.2, -0.15) is 0 Å². The third-order valence-electron chi connectivity index (χ3n) is 2.97. The van der Waals surface area contributed by atoms with Gasteiger partial charge in [0.05, 0.1) is 7.11 Å². The first-order chi connectivity index (χ1) is 8.22. The molecular weight excluding hydrogens is 212 g/mol. The van der Waals surface area contributed by atoms with E-state index in [0.29, 0.717) is 5.75 Å². The third-order valence-corrected chi connectivity index (χ3v) is 2.97. The number of phenols is 1. The van der Waals surface area contributed by atoms with Gasteiger partial charge >= 0.3 is 0 Å². The monoisotopic (exact) mass is 228 g/mol. The van der Waals surface area contributed by atoms with Crippen molar-refractivity contribution in [3.05, 3.63) is 59.2 Å². The van der Waals surface area contributed by atoms with Crippen molar-refractivity contribution in [2.24, 2.45) is 0 Å². The summed E-state index contributed by atoms with van der Waals surface area (Å²) in [6.07, 6.45) is 0.768. The first kappa shape index (κ1) is 11.5. The lowest BCUT2D eigenvalue weighted by Crippen LogP contribution is -1.97. The molecule has 0 bridgehead atoms. The van der Waals surface area contributed by atoms with E-state index in [1.807, 2.05) is 25.1 Å². The number of hydrogen-bond donors (Lipinski definition) is 1. The van der Waals surface area contributed by atoms with Crippen LogP contribution in [0.25, 0.3) is 0 Å². The molecule has 88 valence electrons. The molecule has 2 aromatic rings. The van der Waals surface area contributed by atoms with E-state index in [1.165, 1.54) is 5.56 Å². The molecule has 0 aliphatic carbocycles. The van der Waals surface area contributed by atoms with E-state index in [1.54, 1.807) is 19.2 Å². The molecule has 2 heteroatoms. The SMILES string of the molecule is COc1ccc(O)c(C)c1Cc1ccccc1. The molecule has 0 heterocycles. The Labute approximate surface area is 101 Å². The minimum atomic E-state index is 0.316. The van der Waals surface area contributed by atoms with Crippen molar-refractivity contribution in [2.75, 3.05) is 7.11 Å². The predicted octanol–water partition coefficient (Wildman–Crippen LogP) is 3.30. The lowest BCUT2D eigenvalue weighted by molar-refractivity contribution is 0.406. The Kier molecular flexibility index (Phi) is 3.33. The van der Waals surface area contributed by atoms with Gasteiger partial charge in [-0.05, 0) is 30.2 Å². The van der Waals surface area contributed by atoms with Gasteiger partial charge in [0.2, 0.25) is 0 Å². The molecular formula is C15H16O2. The van der Waals surface area contributed by atoms with Crippen LogP contribution in [0, 0.1) is 6.92 Å². The first-order valence-corrected chi connectivity index (χ1v) is 5.61. The molecule has 0 aliphatic rings. The van der Waals surface area contributed by atoms with E-state index in [4.69, 9.17) is 4.74 Å². The second-order valence-corrected chi connectivity index (χ2v) is 4.05. The van der Waals surface area contributed by atoms with E-state index >= 15 is 0 Å². The highest BCUT2D eigenvalue weighted by molar-refractivity contribution is 5.49. The number of phenolic OH excluding ortho intramolecular Hbond substituents is 1. The molecule has 0 fully saturated rings. The van der Waals surface area contributed by atoms with Crippen molar-refractivity contribution < 1.29 is 9.84 Å². The summed E-state index contributed by atoms with van der Waals surface area (Å²) in [7, 11) is 1.65. The molecule has 2 rings (SSSR count). The smallest absolute Gasteiger partial charge is 0.122 e. The molecule has 2 nitrogen and oxygen atoms in total. The Morgan fingerprint density at radius 3 is 2.41 bits per heavy atom. The van der Waals surface area contributed by atoms with Crippen LogP contribution in [0.2, 0.25) is 0 Å². The van der Waals surface area contributed by atoms with Gasteiger partial charge in [-0.15, -0.1) is 0 Å². The Balaban J connectivity index is 2.41. The quantitative estimate of drug-likeness (QED) is 0.873. The third kappa shape index (κ3) is 2.41. The number of ether oxygens (including phenoxy) is 1. The summed E-state index contributed by atoms with van der Waals surface area (Å²) in [5.74, 6) is 1.14. The van der Waals surface area contributed by atoms with E-state index in [-0.39, 0.29) is 0 Å². The molecule has 0 unspecified atom stereocenters. The standard InChI is InChI=1S/C15H16O2/c1-11-13(10-12-6-4-3-5-7-12)15(17-2)9-8-14(11)16/h3-9,16H,10H2,1-2H3. The Morgan fingerprint density at radius 2 is 1.76 bits per heavy atom. The highest BCUT2D eigenvalue weighted by Gasteiger charge is 2.10. The van der Waals surface area contributed by atoms with Gasteiger partial charge in [-0.25, -0.2) is 0 Å². The minimum absolute atomic E-state index is 0.316. The molecule has 1 N–H and O–H groups in total. The van der Waals surface area contributed by atoms with Gasteiger partial charge in [0.1, 0.15) is 11.5 Å². The molecule has 0 amide bonds. The summed E-state index contributed by atoms with van der Waals surface area (Å²) in [4.78, 5) is 0. The van der Waals surface area contributed by atoms with Crippen LogP contribution >= 0.6 is 0 Å². The molecule has 17 heavy (non-hydrogen) atoms. The maximum Gasteiger partial charge on any atom is 0.122 e. The van der Waals surface area contributed by atoms with Crippen molar-refractivity contribution in [1.82, 2.24) is 0 Å². The zero-order chi connectivity index (χ0) is 12.3. The fraction of sp³-hybridized carbons (Fsp3) is 0.200. The average Bonchev–Trinajstić information content (AvgIpc) is 2.37. The minimum Gasteiger partial charge on any atom is -0.508 e. The van der Waals surface area contributed by atoms with Gasteiger partial charge in [-0.1, -0.05) is 30.3 Å². The second kappa shape index (κ2) is 4.91. The van der Waals surface area contributed by atoms with Gasteiger partial charge in [0, 0.05) is 12.0 Å². The number of benzene rings is 2. The van der Waals surface area contributed by atoms with Crippen LogP contribution in [0.15, 0.2) is 42.5 Å². The van der Waals surface area contributed by atoms with E-state index in [9.17, 15) is 5.11 Å². The zero-order valence-electron chi connectivity index (χ0n) is 10.1. The number of hydrogen-bond acceptors (Lipinski definition) is 2. The van der Waals surface area contributed by atoms with Gasteiger partial charge < -0.3 is 9.84 Å². The number of rotatable bonds is 3. The van der Waals surface area contributed by atoms with Crippen LogP contribution < -0.4 is 4.74 Å². The summed E-state index contributed by atoms with van der Waals surface area (Å²) in [5, 5.41) is 9.74. The van der Waals surface area contributed by atoms with Crippen LogP contribution in [-0.2, 0) is 6.42 Å². The van der Waals surface area contributed by atoms with Crippen LogP contribution in [0.1, 0.15) is 16.7 Å². The maximum absolute atomic E-state index is 9.74. The van der Waals surface area contributed by atoms with E-state index in [0.717, 1.165) is 23.3 Å². The molecule has 0 spiro atoms. The molecule has 0 saturated carbocycles. The van der Waals surface area contributed by atoms with Crippen molar-refractivity contribution in [3.63, 3.8) is 0 Å². The molecule has 0 saturated heterocycles. The van der Waals surface area contributed by atoms with Crippen molar-refractivity contribution >= 4 is 0 Å². The molecule has 2 aromatic carbocycles. The predicted molar refractivity (Wildman–Crippen MR) is 68.6 cm³/mol. The number of methoxy groups -OCH3 is 1. The van der Waals surface area contributed by atoms with Crippen molar-refractivity contribution in [2.45, 2.75) is 13.3 Å². The van der Waals surface area contributed by atoms with Crippen LogP contribution in [0.4, 0.5) is 0 Å². The summed E-state index contributed by atoms with van der Waals surface area (Å²) in [6.45, 7) is 1.91. The summed E-state index contributed by atoms with van der Waals surface area (Å²) in [5.41, 5.74) is 3.13. The fourth-order valence-corrected chi connectivity index (χ4v) is 1.93. The fourth-order valence-electron chi connectivity index (χ4n) is 1.93. The summed E-state index contributed by atoms with van der Waals surface area (Å²) < 4.78 is 5.34. The molecule has 0 aliphatic heterocycles. The normalized spacial score (nSPS) is 10.2. The van der Waals surface area contributed by atoms with Gasteiger partial charge in [-0.3, -0.25) is 0 Å². The maximum atomic E-state index is 9.74. The van der Waals surface area contributed by atoms with E-state index < -0.39 is 0 Å². The lowest BCUT2D eigenvalue weighted by atomic mass is 9.99. The van der Waals surface area contributed by atoms with Gasteiger partial charge in [0.15, 0.2) is 0 Å².